The van der Waals surface area contributed by atoms with Crippen molar-refractivity contribution in [1.29, 1.82) is 0 Å². The first-order valence-corrected chi connectivity index (χ1v) is 10.5. The fraction of sp³-hybridized carbons (Fsp3) is 0.308. The van der Waals surface area contributed by atoms with Crippen molar-refractivity contribution in [1.82, 2.24) is 0 Å². The number of ether oxygens (including phenoxy) is 3. The molecule has 4 rings (SSSR count). The summed E-state index contributed by atoms with van der Waals surface area (Å²) in [6, 6.07) is 11.8. The van der Waals surface area contributed by atoms with E-state index in [1.165, 1.54) is 25.3 Å². The smallest absolute Gasteiger partial charge is 0.192 e. The second-order valence-corrected chi connectivity index (χ2v) is 7.77. The maximum atomic E-state index is 14.9. The molecule has 1 aliphatic heterocycles. The molecular formula is C26H25F3O3. The van der Waals surface area contributed by atoms with Crippen molar-refractivity contribution in [2.75, 3.05) is 20.3 Å². The monoisotopic (exact) mass is 442 g/mol. The van der Waals surface area contributed by atoms with Crippen molar-refractivity contribution in [3.63, 3.8) is 0 Å². The van der Waals surface area contributed by atoms with E-state index in [2.05, 4.69) is 0 Å². The summed E-state index contributed by atoms with van der Waals surface area (Å²) in [7, 11) is 1.31. The molecular weight excluding hydrogens is 417 g/mol. The highest BCUT2D eigenvalue weighted by atomic mass is 19.2. The Hall–Kier alpha value is -2.83. The van der Waals surface area contributed by atoms with E-state index < -0.39 is 12.3 Å². The second-order valence-electron chi connectivity index (χ2n) is 7.77. The number of benzene rings is 2. The van der Waals surface area contributed by atoms with E-state index in [0.29, 0.717) is 29.9 Å². The molecule has 1 aliphatic carbocycles. The normalized spacial score (nSPS) is 26.0. The molecule has 2 unspecified atom stereocenters. The van der Waals surface area contributed by atoms with Gasteiger partial charge in [0.05, 0.1) is 20.3 Å². The van der Waals surface area contributed by atoms with Crippen molar-refractivity contribution in [3.8, 4) is 11.1 Å². The number of allylic oxidation sites excluding steroid dienone is 5. The van der Waals surface area contributed by atoms with Crippen LogP contribution < -0.4 is 0 Å². The SMILES string of the molecule is C/C=C/C1OCC(c2ccc(-c3ccc(C4=CC=C(OC)C(F)C4F)cc3)c(F)c2)CO1. The van der Waals surface area contributed by atoms with Gasteiger partial charge in [-0.15, -0.1) is 0 Å². The molecule has 2 aliphatic rings. The first-order chi connectivity index (χ1) is 15.5. The quantitative estimate of drug-likeness (QED) is 0.522. The van der Waals surface area contributed by atoms with Crippen LogP contribution in [-0.4, -0.2) is 39.0 Å². The number of hydrogen-bond acceptors (Lipinski definition) is 3. The maximum absolute atomic E-state index is 14.9. The van der Waals surface area contributed by atoms with E-state index in [4.69, 9.17) is 14.2 Å². The lowest BCUT2D eigenvalue weighted by Crippen LogP contribution is -2.29. The minimum absolute atomic E-state index is 0.0360. The maximum Gasteiger partial charge on any atom is 0.192 e. The summed E-state index contributed by atoms with van der Waals surface area (Å²) in [5.41, 5.74) is 2.67. The Labute approximate surface area is 185 Å². The lowest BCUT2D eigenvalue weighted by atomic mass is 9.91. The average molecular weight is 442 g/mol. The molecule has 3 nitrogen and oxygen atoms in total. The Bertz CT molecular complexity index is 1030. The van der Waals surface area contributed by atoms with Gasteiger partial charge in [0.2, 0.25) is 0 Å². The van der Waals surface area contributed by atoms with Crippen LogP contribution in [0, 0.1) is 5.82 Å². The largest absolute Gasteiger partial charge is 0.498 e. The zero-order valence-electron chi connectivity index (χ0n) is 17.9. The fourth-order valence-electron chi connectivity index (χ4n) is 3.93. The molecule has 0 amide bonds. The van der Waals surface area contributed by atoms with E-state index in [0.717, 1.165) is 5.56 Å². The Morgan fingerprint density at radius 2 is 1.62 bits per heavy atom. The molecule has 0 saturated carbocycles. The van der Waals surface area contributed by atoms with Crippen LogP contribution in [0.5, 0.6) is 0 Å². The number of alkyl halides is 2. The third-order valence-electron chi connectivity index (χ3n) is 5.76. The number of halogens is 3. The van der Waals surface area contributed by atoms with Crippen LogP contribution in [0.1, 0.15) is 24.0 Å². The summed E-state index contributed by atoms with van der Waals surface area (Å²) in [5, 5.41) is 0. The minimum atomic E-state index is -1.84. The van der Waals surface area contributed by atoms with Crippen LogP contribution >= 0.6 is 0 Å². The first-order valence-electron chi connectivity index (χ1n) is 10.5. The van der Waals surface area contributed by atoms with E-state index in [1.807, 2.05) is 25.1 Å². The molecule has 2 aromatic rings. The van der Waals surface area contributed by atoms with Crippen molar-refractivity contribution in [3.05, 3.63) is 89.5 Å². The number of rotatable bonds is 5. The zero-order chi connectivity index (χ0) is 22.7. The zero-order valence-corrected chi connectivity index (χ0v) is 17.9. The Kier molecular flexibility index (Phi) is 6.82. The third-order valence-corrected chi connectivity index (χ3v) is 5.76. The number of methoxy groups -OCH3 is 1. The fourth-order valence-corrected chi connectivity index (χ4v) is 3.93. The predicted octanol–water partition coefficient (Wildman–Crippen LogP) is 6.13. The molecule has 0 aromatic heterocycles. The Morgan fingerprint density at radius 1 is 0.938 bits per heavy atom. The van der Waals surface area contributed by atoms with E-state index in [1.54, 1.807) is 30.3 Å². The molecule has 168 valence electrons. The summed E-state index contributed by atoms with van der Waals surface area (Å²) >= 11 is 0. The van der Waals surface area contributed by atoms with Crippen LogP contribution in [0.15, 0.2) is 72.5 Å². The minimum Gasteiger partial charge on any atom is -0.498 e. The molecule has 0 radical (unpaired) electrons. The lowest BCUT2D eigenvalue weighted by molar-refractivity contribution is -0.159. The first kappa shape index (κ1) is 22.4. The second kappa shape index (κ2) is 9.76. The van der Waals surface area contributed by atoms with Crippen molar-refractivity contribution >= 4 is 5.57 Å². The molecule has 2 atom stereocenters. The van der Waals surface area contributed by atoms with Gasteiger partial charge >= 0.3 is 0 Å². The summed E-state index contributed by atoms with van der Waals surface area (Å²) < 4.78 is 59.7. The van der Waals surface area contributed by atoms with Crippen LogP contribution in [0.25, 0.3) is 16.7 Å². The Morgan fingerprint density at radius 3 is 2.25 bits per heavy atom. The van der Waals surface area contributed by atoms with Gasteiger partial charge in [0, 0.05) is 11.5 Å². The topological polar surface area (TPSA) is 27.7 Å². The van der Waals surface area contributed by atoms with Crippen LogP contribution in [-0.2, 0) is 14.2 Å². The molecule has 0 spiro atoms. The standard InChI is InChI=1S/C26H25F3O3/c1-3-4-24-31-14-19(15-32-24)18-9-10-20(22(27)13-18)16-5-7-17(8-6-16)21-11-12-23(30-2)26(29)25(21)28/h3-13,19,24-26H,14-15H2,1-2H3/b4-3+. The van der Waals surface area contributed by atoms with Gasteiger partial charge in [0.25, 0.3) is 0 Å². The summed E-state index contributed by atoms with van der Waals surface area (Å²) in [6.07, 6.45) is 2.63. The molecule has 1 heterocycles. The van der Waals surface area contributed by atoms with E-state index >= 15 is 0 Å². The molecule has 2 aromatic carbocycles. The van der Waals surface area contributed by atoms with E-state index in [9.17, 15) is 13.2 Å². The predicted molar refractivity (Wildman–Crippen MR) is 118 cm³/mol. The van der Waals surface area contributed by atoms with Crippen molar-refractivity contribution in [2.45, 2.75) is 31.5 Å². The summed E-state index contributed by atoms with van der Waals surface area (Å²) in [4.78, 5) is 0. The van der Waals surface area contributed by atoms with Gasteiger partial charge in [-0.05, 0) is 47.4 Å². The van der Waals surface area contributed by atoms with Gasteiger partial charge in [0.15, 0.2) is 18.6 Å². The van der Waals surface area contributed by atoms with Crippen LogP contribution in [0.3, 0.4) is 0 Å². The molecule has 6 heteroatoms. The molecule has 0 N–H and O–H groups in total. The number of hydrogen-bond donors (Lipinski definition) is 0. The van der Waals surface area contributed by atoms with Gasteiger partial charge in [-0.25, -0.2) is 13.2 Å². The van der Waals surface area contributed by atoms with Crippen molar-refractivity contribution < 1.29 is 27.4 Å². The molecule has 32 heavy (non-hydrogen) atoms. The Balaban J connectivity index is 1.50. The van der Waals surface area contributed by atoms with Gasteiger partial charge < -0.3 is 14.2 Å². The lowest BCUT2D eigenvalue weighted by Gasteiger charge is -2.28. The molecule has 1 fully saturated rings. The summed E-state index contributed by atoms with van der Waals surface area (Å²) in [5.74, 6) is -0.436. The van der Waals surface area contributed by atoms with Crippen LogP contribution in [0.4, 0.5) is 13.2 Å². The highest BCUT2D eigenvalue weighted by molar-refractivity contribution is 5.75. The third kappa shape index (κ3) is 4.52. The molecule has 1 saturated heterocycles. The summed E-state index contributed by atoms with van der Waals surface area (Å²) in [6.45, 7) is 2.81. The van der Waals surface area contributed by atoms with Gasteiger partial charge in [-0.1, -0.05) is 48.6 Å². The van der Waals surface area contributed by atoms with Gasteiger partial charge in [-0.3, -0.25) is 0 Å². The van der Waals surface area contributed by atoms with Crippen molar-refractivity contribution in [2.24, 2.45) is 0 Å². The van der Waals surface area contributed by atoms with Crippen LogP contribution in [0.2, 0.25) is 0 Å². The average Bonchev–Trinajstić information content (AvgIpc) is 2.82. The molecule has 0 bridgehead atoms. The highest BCUT2D eigenvalue weighted by Gasteiger charge is 2.32. The van der Waals surface area contributed by atoms with Gasteiger partial charge in [0.1, 0.15) is 11.6 Å². The van der Waals surface area contributed by atoms with Gasteiger partial charge in [-0.2, -0.15) is 0 Å². The van der Waals surface area contributed by atoms with E-state index in [-0.39, 0.29) is 29.4 Å². The highest BCUT2D eigenvalue weighted by Crippen LogP contribution is 2.34.